The van der Waals surface area contributed by atoms with Crippen molar-refractivity contribution in [2.75, 3.05) is 5.32 Å². The summed E-state index contributed by atoms with van der Waals surface area (Å²) in [5.74, 6) is -2.06. The number of rotatable bonds is 7. The van der Waals surface area contributed by atoms with Gasteiger partial charge < -0.3 is 9.47 Å². The number of amides is 1. The lowest BCUT2D eigenvalue weighted by Gasteiger charge is -2.27. The zero-order chi connectivity index (χ0) is 23.4. The fourth-order valence-corrected chi connectivity index (χ4v) is 3.87. The van der Waals surface area contributed by atoms with Crippen LogP contribution in [0.1, 0.15) is 37.2 Å². The number of halogens is 3. The second-order valence-electron chi connectivity index (χ2n) is 7.40. The third-order valence-electron chi connectivity index (χ3n) is 4.75. The number of anilines is 1. The Hall–Kier alpha value is -3.29. The van der Waals surface area contributed by atoms with Crippen molar-refractivity contribution in [3.05, 3.63) is 29.3 Å². The maximum atomic E-state index is 13.3. The largest absolute Gasteiger partial charge is 0.469 e. The second-order valence-corrected chi connectivity index (χ2v) is 8.26. The Labute approximate surface area is 190 Å². The molecule has 0 radical (unpaired) electrons. The molecule has 0 bridgehead atoms. The van der Waals surface area contributed by atoms with E-state index in [9.17, 15) is 18.0 Å². The normalized spacial score (nSPS) is 15.9. The molecule has 0 saturated heterocycles. The predicted molar refractivity (Wildman–Crippen MR) is 111 cm³/mol. The average molecular weight is 483 g/mol. The molecule has 1 aliphatic carbocycles. The minimum Gasteiger partial charge on any atom is -0.469 e. The Morgan fingerprint density at radius 3 is 2.76 bits per heavy atom. The van der Waals surface area contributed by atoms with Crippen LogP contribution < -0.4 is 10.1 Å². The molecule has 4 rings (SSSR count). The van der Waals surface area contributed by atoms with Gasteiger partial charge >= 0.3 is 6.09 Å². The van der Waals surface area contributed by atoms with Crippen molar-refractivity contribution in [1.82, 2.24) is 29.7 Å². The number of ether oxygens (including phenoxy) is 2. The molecule has 33 heavy (non-hydrogen) atoms. The maximum absolute atomic E-state index is 13.3. The monoisotopic (exact) mass is 483 g/mol. The van der Waals surface area contributed by atoms with E-state index in [0.29, 0.717) is 10.8 Å². The summed E-state index contributed by atoms with van der Waals surface area (Å²) in [6, 6.07) is 1.37. The molecule has 1 aliphatic rings. The van der Waals surface area contributed by atoms with E-state index < -0.39 is 24.8 Å². The van der Waals surface area contributed by atoms with Crippen molar-refractivity contribution < 1.29 is 27.4 Å². The number of nitrogens with zero attached hydrogens (tertiary/aromatic N) is 6. The molecular formula is C19H20F3N7O3S. The Balaban J connectivity index is 1.48. The number of hydrogen-bond donors (Lipinski definition) is 1. The van der Waals surface area contributed by atoms with Gasteiger partial charge in [-0.1, -0.05) is 0 Å². The summed E-state index contributed by atoms with van der Waals surface area (Å²) in [6.45, 7) is -0.735. The number of nitrogens with one attached hydrogen (secondary N) is 1. The van der Waals surface area contributed by atoms with E-state index in [2.05, 4.69) is 30.4 Å². The molecule has 0 aromatic carbocycles. The Kier molecular flexibility index (Phi) is 6.72. The van der Waals surface area contributed by atoms with Crippen LogP contribution in [0.15, 0.2) is 17.8 Å². The smallest absolute Gasteiger partial charge is 0.413 e. The van der Waals surface area contributed by atoms with Crippen LogP contribution in [-0.2, 0) is 25.1 Å². The molecule has 10 nitrogen and oxygen atoms in total. The Morgan fingerprint density at radius 1 is 1.30 bits per heavy atom. The molecule has 3 aromatic rings. The third kappa shape index (κ3) is 6.15. The maximum Gasteiger partial charge on any atom is 0.413 e. The quantitative estimate of drug-likeness (QED) is 0.538. The van der Waals surface area contributed by atoms with Crippen molar-refractivity contribution in [3.8, 4) is 16.7 Å². The van der Waals surface area contributed by atoms with E-state index in [4.69, 9.17) is 9.47 Å². The Morgan fingerprint density at radius 2 is 2.09 bits per heavy atom. The minimum absolute atomic E-state index is 0.00502. The molecule has 176 valence electrons. The highest BCUT2D eigenvalue weighted by Gasteiger charge is 2.36. The van der Waals surface area contributed by atoms with Gasteiger partial charge in [-0.05, 0) is 12.8 Å². The highest BCUT2D eigenvalue weighted by Crippen LogP contribution is 2.34. The van der Waals surface area contributed by atoms with Crippen molar-refractivity contribution in [2.45, 2.75) is 51.0 Å². The highest BCUT2D eigenvalue weighted by molar-refractivity contribution is 7.13. The summed E-state index contributed by atoms with van der Waals surface area (Å²) >= 11 is 1.13. The van der Waals surface area contributed by atoms with E-state index in [-0.39, 0.29) is 55.5 Å². The first kappa shape index (κ1) is 22.9. The molecule has 14 heteroatoms. The molecule has 1 saturated carbocycles. The first-order valence-electron chi connectivity index (χ1n) is 10.0. The summed E-state index contributed by atoms with van der Waals surface area (Å²) in [5.41, 5.74) is 0.227. The first-order valence-corrected chi connectivity index (χ1v) is 10.9. The van der Waals surface area contributed by atoms with Gasteiger partial charge in [0.1, 0.15) is 24.9 Å². The second kappa shape index (κ2) is 9.68. The van der Waals surface area contributed by atoms with Gasteiger partial charge in [0.25, 0.3) is 0 Å². The number of thiazole rings is 1. The number of carbonyl (C=O) groups is 1. The van der Waals surface area contributed by atoms with E-state index in [1.165, 1.54) is 22.5 Å². The number of carbonyl (C=O) groups excluding carboxylic acids is 1. The van der Waals surface area contributed by atoms with Crippen molar-refractivity contribution in [1.29, 1.82) is 0 Å². The first-order chi connectivity index (χ1) is 15.8. The topological polar surface area (TPSA) is 117 Å². The molecule has 1 amide bonds. The summed E-state index contributed by atoms with van der Waals surface area (Å²) in [7, 11) is 1.71. The summed E-state index contributed by atoms with van der Waals surface area (Å²) in [5, 5.41) is 8.44. The lowest BCUT2D eigenvalue weighted by atomic mass is 9.94. The van der Waals surface area contributed by atoms with Crippen LogP contribution in [0.2, 0.25) is 0 Å². The summed E-state index contributed by atoms with van der Waals surface area (Å²) < 4.78 is 51.9. The number of hydrogen-bond acceptors (Lipinski definition) is 9. The molecule has 0 aliphatic heterocycles. The van der Waals surface area contributed by atoms with E-state index >= 15 is 0 Å². The van der Waals surface area contributed by atoms with Gasteiger partial charge in [-0.25, -0.2) is 32.9 Å². The zero-order valence-electron chi connectivity index (χ0n) is 17.5. The van der Waals surface area contributed by atoms with Gasteiger partial charge in [-0.2, -0.15) is 10.1 Å². The summed E-state index contributed by atoms with van der Waals surface area (Å²) in [4.78, 5) is 29.0. The molecular weight excluding hydrogens is 463 g/mol. The van der Waals surface area contributed by atoms with Gasteiger partial charge in [-0.3, -0.25) is 10.00 Å². The third-order valence-corrected chi connectivity index (χ3v) is 5.63. The molecule has 0 unspecified atom stereocenters. The van der Waals surface area contributed by atoms with Crippen LogP contribution in [0, 0.1) is 0 Å². The summed E-state index contributed by atoms with van der Waals surface area (Å²) in [6.07, 6.45) is -0.439. The average Bonchev–Trinajstić information content (AvgIpc) is 3.42. The standard InChI is InChI=1S/C19H20F3N7O3S/c1-29-10-23-14(28-29)8-31-15-6-13(25-16(27-15)17-24-11(7-20)9-33-17)26-18(30)32-12-2-4-19(21,22)5-3-12/h6,9-10,12H,2-5,7-8H2,1H3,(H,25,26,27,30). The predicted octanol–water partition coefficient (Wildman–Crippen LogP) is 3.90. The van der Waals surface area contributed by atoms with E-state index in [1.807, 2.05) is 0 Å². The molecule has 1 N–H and O–H groups in total. The lowest BCUT2D eigenvalue weighted by molar-refractivity contribution is -0.0642. The number of aryl methyl sites for hydroxylation is 1. The van der Waals surface area contributed by atoms with Crippen LogP contribution in [-0.4, -0.2) is 47.8 Å². The number of aromatic nitrogens is 6. The molecule has 3 heterocycles. The molecule has 3 aromatic heterocycles. The number of alkyl halides is 3. The molecule has 0 atom stereocenters. The van der Waals surface area contributed by atoms with Crippen molar-refractivity contribution in [3.63, 3.8) is 0 Å². The zero-order valence-corrected chi connectivity index (χ0v) is 18.3. The van der Waals surface area contributed by atoms with Crippen LogP contribution >= 0.6 is 11.3 Å². The fourth-order valence-electron chi connectivity index (χ4n) is 3.14. The van der Waals surface area contributed by atoms with Crippen LogP contribution in [0.3, 0.4) is 0 Å². The van der Waals surface area contributed by atoms with Crippen molar-refractivity contribution >= 4 is 23.2 Å². The van der Waals surface area contributed by atoms with E-state index in [0.717, 1.165) is 11.3 Å². The highest BCUT2D eigenvalue weighted by atomic mass is 32.1. The van der Waals surface area contributed by atoms with Crippen LogP contribution in [0.4, 0.5) is 23.8 Å². The Bertz CT molecular complexity index is 1110. The van der Waals surface area contributed by atoms with Gasteiger partial charge in [-0.15, -0.1) is 11.3 Å². The van der Waals surface area contributed by atoms with Crippen LogP contribution in [0.5, 0.6) is 5.88 Å². The van der Waals surface area contributed by atoms with Gasteiger partial charge in [0, 0.05) is 31.3 Å². The van der Waals surface area contributed by atoms with Crippen molar-refractivity contribution in [2.24, 2.45) is 7.05 Å². The fraction of sp³-hybridized carbons (Fsp3) is 0.474. The SMILES string of the molecule is Cn1cnc(COc2cc(NC(=O)OC3CCC(F)(F)CC3)nc(-c3nc(CF)cs3)n2)n1. The van der Waals surface area contributed by atoms with E-state index in [1.54, 1.807) is 7.05 Å². The van der Waals surface area contributed by atoms with Gasteiger partial charge in [0.15, 0.2) is 23.3 Å². The molecule has 0 spiro atoms. The van der Waals surface area contributed by atoms with Crippen LogP contribution in [0.25, 0.3) is 10.8 Å². The minimum atomic E-state index is -2.72. The molecule has 1 fully saturated rings. The van der Waals surface area contributed by atoms with Gasteiger partial charge in [0.2, 0.25) is 11.8 Å². The van der Waals surface area contributed by atoms with Gasteiger partial charge in [0.05, 0.1) is 5.69 Å². The lowest BCUT2D eigenvalue weighted by Crippen LogP contribution is -2.31.